The zero-order valence-electron chi connectivity index (χ0n) is 9.41. The predicted molar refractivity (Wildman–Crippen MR) is 67.1 cm³/mol. The lowest BCUT2D eigenvalue weighted by Crippen LogP contribution is -2.07. The van der Waals surface area contributed by atoms with Crippen LogP contribution in [0.15, 0.2) is 29.6 Å². The Bertz CT molecular complexity index is 522. The summed E-state index contributed by atoms with van der Waals surface area (Å²) in [4.78, 5) is 0.804. The predicted octanol–water partition coefficient (Wildman–Crippen LogP) is 3.76. The van der Waals surface area contributed by atoms with Crippen LogP contribution in [-0.4, -0.2) is 6.54 Å². The van der Waals surface area contributed by atoms with Gasteiger partial charge in [0.15, 0.2) is 0 Å². The van der Waals surface area contributed by atoms with Crippen LogP contribution in [0.25, 0.3) is 10.4 Å². The molecule has 0 aliphatic rings. The van der Waals surface area contributed by atoms with Crippen LogP contribution < -0.4 is 5.73 Å². The maximum absolute atomic E-state index is 13.6. The van der Waals surface area contributed by atoms with Crippen LogP contribution >= 0.6 is 11.3 Å². The summed E-state index contributed by atoms with van der Waals surface area (Å²) in [6.07, 6.45) is 0. The molecule has 2 N–H and O–H groups in total. The molecule has 1 unspecified atom stereocenters. The quantitative estimate of drug-likeness (QED) is 0.885. The van der Waals surface area contributed by atoms with E-state index in [1.807, 2.05) is 18.4 Å². The summed E-state index contributed by atoms with van der Waals surface area (Å²) in [7, 11) is 0. The van der Waals surface area contributed by atoms with Gasteiger partial charge in [-0.2, -0.15) is 0 Å². The minimum Gasteiger partial charge on any atom is -0.330 e. The van der Waals surface area contributed by atoms with Gasteiger partial charge in [-0.15, -0.1) is 11.3 Å². The number of nitrogens with two attached hydrogens (primary N) is 1. The molecule has 1 nitrogen and oxygen atoms in total. The van der Waals surface area contributed by atoms with Gasteiger partial charge in [-0.1, -0.05) is 6.92 Å². The third-order valence-electron chi connectivity index (χ3n) is 2.74. The van der Waals surface area contributed by atoms with Crippen LogP contribution in [0.5, 0.6) is 0 Å². The fourth-order valence-corrected chi connectivity index (χ4v) is 2.64. The molecule has 0 aliphatic heterocycles. The third-order valence-corrected chi connectivity index (χ3v) is 3.72. The number of halogens is 2. The second-order valence-corrected chi connectivity index (χ2v) is 4.92. The lowest BCUT2D eigenvalue weighted by Gasteiger charge is -2.04. The largest absolute Gasteiger partial charge is 0.330 e. The Morgan fingerprint density at radius 1 is 1.29 bits per heavy atom. The highest BCUT2D eigenvalue weighted by molar-refractivity contribution is 7.13. The van der Waals surface area contributed by atoms with Gasteiger partial charge < -0.3 is 5.73 Å². The van der Waals surface area contributed by atoms with Crippen molar-refractivity contribution in [3.63, 3.8) is 0 Å². The van der Waals surface area contributed by atoms with Crippen molar-refractivity contribution in [2.45, 2.75) is 12.8 Å². The van der Waals surface area contributed by atoms with Gasteiger partial charge in [0.2, 0.25) is 0 Å². The summed E-state index contributed by atoms with van der Waals surface area (Å²) in [5.74, 6) is -0.833. The second-order valence-electron chi connectivity index (χ2n) is 4.01. The first-order chi connectivity index (χ1) is 8.11. The maximum Gasteiger partial charge on any atom is 0.134 e. The van der Waals surface area contributed by atoms with Crippen LogP contribution in [0.1, 0.15) is 18.4 Å². The maximum atomic E-state index is 13.6. The Morgan fingerprint density at radius 3 is 2.71 bits per heavy atom. The van der Waals surface area contributed by atoms with Crippen LogP contribution in [0.4, 0.5) is 8.78 Å². The highest BCUT2D eigenvalue weighted by atomic mass is 32.1. The van der Waals surface area contributed by atoms with Crippen LogP contribution in [0.3, 0.4) is 0 Å². The Morgan fingerprint density at radius 2 is 2.06 bits per heavy atom. The Hall–Kier alpha value is -1.26. The van der Waals surface area contributed by atoms with Crippen molar-refractivity contribution in [1.82, 2.24) is 0 Å². The number of thiophene rings is 1. The second kappa shape index (κ2) is 4.94. The van der Waals surface area contributed by atoms with Crippen LogP contribution in [-0.2, 0) is 0 Å². The molecule has 1 aromatic carbocycles. The fraction of sp³-hybridized carbons (Fsp3) is 0.231. The van der Waals surface area contributed by atoms with E-state index in [1.165, 1.54) is 23.5 Å². The Kier molecular flexibility index (Phi) is 3.54. The molecule has 17 heavy (non-hydrogen) atoms. The molecule has 0 fully saturated rings. The average molecular weight is 253 g/mol. The van der Waals surface area contributed by atoms with Crippen molar-refractivity contribution in [2.24, 2.45) is 5.73 Å². The van der Waals surface area contributed by atoms with Gasteiger partial charge >= 0.3 is 0 Å². The first kappa shape index (κ1) is 12.2. The molecular formula is C13H13F2NS. The molecular weight excluding hydrogens is 240 g/mol. The number of rotatable bonds is 3. The van der Waals surface area contributed by atoms with E-state index in [-0.39, 0.29) is 5.92 Å². The van der Waals surface area contributed by atoms with Crippen molar-refractivity contribution in [3.05, 3.63) is 46.8 Å². The molecule has 2 rings (SSSR count). The van der Waals surface area contributed by atoms with Gasteiger partial charge in [0, 0.05) is 16.5 Å². The van der Waals surface area contributed by atoms with Crippen molar-refractivity contribution >= 4 is 11.3 Å². The first-order valence-corrected chi connectivity index (χ1v) is 6.23. The lowest BCUT2D eigenvalue weighted by molar-refractivity contribution is 0.586. The van der Waals surface area contributed by atoms with E-state index in [1.54, 1.807) is 0 Å². The topological polar surface area (TPSA) is 26.0 Å². The number of hydrogen-bond donors (Lipinski definition) is 1. The van der Waals surface area contributed by atoms with Gasteiger partial charge in [-0.05, 0) is 41.6 Å². The summed E-state index contributed by atoms with van der Waals surface area (Å²) >= 11 is 1.45. The van der Waals surface area contributed by atoms with Gasteiger partial charge in [-0.25, -0.2) is 8.78 Å². The van der Waals surface area contributed by atoms with Gasteiger partial charge in [0.1, 0.15) is 11.6 Å². The van der Waals surface area contributed by atoms with E-state index >= 15 is 0 Å². The van der Waals surface area contributed by atoms with Crippen molar-refractivity contribution in [1.29, 1.82) is 0 Å². The Balaban J connectivity index is 2.37. The fourth-order valence-electron chi connectivity index (χ4n) is 1.58. The molecule has 90 valence electrons. The Labute approximate surface area is 103 Å². The summed E-state index contributed by atoms with van der Waals surface area (Å²) < 4.78 is 26.4. The zero-order valence-corrected chi connectivity index (χ0v) is 10.2. The van der Waals surface area contributed by atoms with Crippen molar-refractivity contribution in [2.75, 3.05) is 6.54 Å². The summed E-state index contributed by atoms with van der Waals surface area (Å²) in [5, 5.41) is 1.97. The number of benzene rings is 1. The first-order valence-electron chi connectivity index (χ1n) is 5.35. The van der Waals surface area contributed by atoms with E-state index in [4.69, 9.17) is 5.73 Å². The SMILES string of the molecule is CC(CN)c1csc(-c2ccc(F)cc2F)c1. The standard InChI is InChI=1S/C13H13F2NS/c1-8(6-16)9-4-13(17-7-9)11-3-2-10(14)5-12(11)15/h2-5,7-8H,6,16H2,1H3. The molecule has 0 saturated heterocycles. The van der Waals surface area contributed by atoms with Gasteiger partial charge in [0.25, 0.3) is 0 Å². The third kappa shape index (κ3) is 2.53. The molecule has 0 aliphatic carbocycles. The normalized spacial score (nSPS) is 12.7. The van der Waals surface area contributed by atoms with Crippen molar-refractivity contribution < 1.29 is 8.78 Å². The molecule has 0 spiro atoms. The molecule has 1 atom stereocenters. The van der Waals surface area contributed by atoms with E-state index < -0.39 is 11.6 Å². The highest BCUT2D eigenvalue weighted by Gasteiger charge is 2.11. The minimum atomic E-state index is -0.557. The molecule has 0 radical (unpaired) electrons. The highest BCUT2D eigenvalue weighted by Crippen LogP contribution is 2.32. The summed E-state index contributed by atoms with van der Waals surface area (Å²) in [6.45, 7) is 2.58. The summed E-state index contributed by atoms with van der Waals surface area (Å²) in [5.41, 5.74) is 7.11. The number of hydrogen-bond acceptors (Lipinski definition) is 2. The van der Waals surface area contributed by atoms with E-state index in [0.717, 1.165) is 16.5 Å². The van der Waals surface area contributed by atoms with E-state index in [2.05, 4.69) is 0 Å². The van der Waals surface area contributed by atoms with Gasteiger partial charge in [-0.3, -0.25) is 0 Å². The van der Waals surface area contributed by atoms with Crippen LogP contribution in [0.2, 0.25) is 0 Å². The molecule has 1 aromatic heterocycles. The summed E-state index contributed by atoms with van der Waals surface area (Å²) in [6, 6.07) is 5.55. The minimum absolute atomic E-state index is 0.253. The molecule has 0 saturated carbocycles. The smallest absolute Gasteiger partial charge is 0.134 e. The van der Waals surface area contributed by atoms with Gasteiger partial charge in [0.05, 0.1) is 0 Å². The molecule has 0 bridgehead atoms. The van der Waals surface area contributed by atoms with Crippen LogP contribution in [0, 0.1) is 11.6 Å². The van der Waals surface area contributed by atoms with E-state index in [0.29, 0.717) is 12.1 Å². The monoisotopic (exact) mass is 253 g/mol. The molecule has 1 heterocycles. The zero-order chi connectivity index (χ0) is 12.4. The molecule has 4 heteroatoms. The molecule has 2 aromatic rings. The molecule has 0 amide bonds. The van der Waals surface area contributed by atoms with Crippen molar-refractivity contribution in [3.8, 4) is 10.4 Å². The lowest BCUT2D eigenvalue weighted by atomic mass is 10.0. The van der Waals surface area contributed by atoms with E-state index in [9.17, 15) is 8.78 Å². The average Bonchev–Trinajstić information content (AvgIpc) is 2.77.